The summed E-state index contributed by atoms with van der Waals surface area (Å²) in [5, 5.41) is 6.19. The van der Waals surface area contributed by atoms with Crippen molar-refractivity contribution >= 4 is 40.0 Å². The first-order chi connectivity index (χ1) is 11.5. The first kappa shape index (κ1) is 23.7. The van der Waals surface area contributed by atoms with Crippen molar-refractivity contribution in [2.24, 2.45) is 4.99 Å². The summed E-state index contributed by atoms with van der Waals surface area (Å²) in [6.45, 7) is 2.83. The fourth-order valence-corrected chi connectivity index (χ4v) is 2.50. The van der Waals surface area contributed by atoms with Crippen LogP contribution in [0.25, 0.3) is 0 Å². The van der Waals surface area contributed by atoms with Crippen molar-refractivity contribution in [1.29, 1.82) is 0 Å². The maximum absolute atomic E-state index is 11.3. The summed E-state index contributed by atoms with van der Waals surface area (Å²) in [4.78, 5) is 4.10. The summed E-state index contributed by atoms with van der Waals surface area (Å²) >= 11 is 0. The number of aliphatic imine (C=N–C) groups is 1. The highest BCUT2D eigenvalue weighted by Crippen LogP contribution is 2.24. The Labute approximate surface area is 166 Å². The Bertz CT molecular complexity index is 653. The van der Waals surface area contributed by atoms with Gasteiger partial charge in [0.1, 0.15) is 11.5 Å². The Morgan fingerprint density at radius 1 is 1.16 bits per heavy atom. The summed E-state index contributed by atoms with van der Waals surface area (Å²) < 4.78 is 35.7. The van der Waals surface area contributed by atoms with Crippen LogP contribution in [0.4, 0.5) is 0 Å². The number of halogens is 1. The van der Waals surface area contributed by atoms with E-state index >= 15 is 0 Å². The third-order valence-electron chi connectivity index (χ3n) is 3.28. The summed E-state index contributed by atoms with van der Waals surface area (Å²) in [5.41, 5.74) is 0.952. The largest absolute Gasteiger partial charge is 0.497 e. The van der Waals surface area contributed by atoms with Crippen LogP contribution in [0.2, 0.25) is 0 Å². The number of nitrogens with one attached hydrogen (secondary N) is 3. The molecule has 0 spiro atoms. The van der Waals surface area contributed by atoms with Crippen molar-refractivity contribution < 1.29 is 17.9 Å². The van der Waals surface area contributed by atoms with Crippen molar-refractivity contribution in [3.8, 4) is 11.5 Å². The Morgan fingerprint density at radius 3 is 2.44 bits per heavy atom. The molecule has 0 heterocycles. The molecule has 0 aromatic heterocycles. The van der Waals surface area contributed by atoms with E-state index in [1.54, 1.807) is 28.2 Å². The van der Waals surface area contributed by atoms with Gasteiger partial charge >= 0.3 is 0 Å². The van der Waals surface area contributed by atoms with Gasteiger partial charge in [0.05, 0.1) is 20.0 Å². The zero-order valence-corrected chi connectivity index (χ0v) is 18.1. The van der Waals surface area contributed by atoms with Crippen molar-refractivity contribution in [3.63, 3.8) is 0 Å². The van der Waals surface area contributed by atoms with E-state index in [9.17, 15) is 8.42 Å². The molecule has 0 fully saturated rings. The zero-order valence-electron chi connectivity index (χ0n) is 15.0. The van der Waals surface area contributed by atoms with Crippen molar-refractivity contribution in [3.05, 3.63) is 23.8 Å². The van der Waals surface area contributed by atoms with Gasteiger partial charge in [-0.3, -0.25) is 4.99 Å². The molecule has 3 N–H and O–H groups in total. The predicted molar refractivity (Wildman–Crippen MR) is 111 cm³/mol. The normalized spacial score (nSPS) is 11.4. The highest BCUT2D eigenvalue weighted by atomic mass is 127. The predicted octanol–water partition coefficient (Wildman–Crippen LogP) is 0.926. The molecule has 25 heavy (non-hydrogen) atoms. The minimum absolute atomic E-state index is 0. The van der Waals surface area contributed by atoms with E-state index in [0.717, 1.165) is 11.3 Å². The Balaban J connectivity index is 0.00000576. The van der Waals surface area contributed by atoms with Crippen LogP contribution in [-0.2, 0) is 16.6 Å². The summed E-state index contributed by atoms with van der Waals surface area (Å²) in [5.74, 6) is 2.08. The molecule has 0 bridgehead atoms. The lowest BCUT2D eigenvalue weighted by Gasteiger charge is -2.14. The SMILES string of the molecule is CCS(=O)(=O)NCCNC(=NC)NCc1ccc(OC)cc1OC.I. The number of rotatable bonds is 9. The van der Waals surface area contributed by atoms with Gasteiger partial charge in [0.15, 0.2) is 5.96 Å². The molecule has 10 heteroatoms. The average molecular weight is 486 g/mol. The second kappa shape index (κ2) is 12.1. The number of nitrogens with zero attached hydrogens (tertiary/aromatic N) is 1. The Kier molecular flexibility index (Phi) is 11.5. The molecule has 1 rings (SSSR count). The molecule has 8 nitrogen and oxygen atoms in total. The highest BCUT2D eigenvalue weighted by molar-refractivity contribution is 14.0. The van der Waals surface area contributed by atoms with Gasteiger partial charge in [-0.2, -0.15) is 0 Å². The second-order valence-corrected chi connectivity index (χ2v) is 6.92. The maximum atomic E-state index is 11.3. The highest BCUT2D eigenvalue weighted by Gasteiger charge is 2.07. The summed E-state index contributed by atoms with van der Waals surface area (Å²) in [7, 11) is 1.68. The molecule has 0 saturated heterocycles. The van der Waals surface area contributed by atoms with Gasteiger partial charge in [-0.05, 0) is 19.1 Å². The van der Waals surface area contributed by atoms with Gasteiger partial charge in [-0.1, -0.05) is 0 Å². The fraction of sp³-hybridized carbons (Fsp3) is 0.533. The second-order valence-electron chi connectivity index (χ2n) is 4.83. The number of benzene rings is 1. The van der Waals surface area contributed by atoms with Crippen molar-refractivity contribution in [2.45, 2.75) is 13.5 Å². The van der Waals surface area contributed by atoms with E-state index in [4.69, 9.17) is 9.47 Å². The number of ether oxygens (including phenoxy) is 2. The van der Waals surface area contributed by atoms with Gasteiger partial charge in [0, 0.05) is 38.3 Å². The standard InChI is InChI=1S/C15H26N4O4S.HI/c1-5-24(20,21)19-9-8-17-15(16-2)18-11-12-6-7-13(22-3)10-14(12)23-4;/h6-7,10,19H,5,8-9,11H2,1-4H3,(H2,16,17,18);1H. The molecule has 0 atom stereocenters. The number of hydrogen-bond donors (Lipinski definition) is 3. The minimum Gasteiger partial charge on any atom is -0.497 e. The lowest BCUT2D eigenvalue weighted by Crippen LogP contribution is -2.41. The molecule has 0 aliphatic rings. The zero-order chi connectivity index (χ0) is 18.0. The van der Waals surface area contributed by atoms with Crippen LogP contribution in [0, 0.1) is 0 Å². The van der Waals surface area contributed by atoms with E-state index < -0.39 is 10.0 Å². The van der Waals surface area contributed by atoms with Crippen molar-refractivity contribution in [1.82, 2.24) is 15.4 Å². The molecule has 0 unspecified atom stereocenters. The van der Waals surface area contributed by atoms with Crippen molar-refractivity contribution in [2.75, 3.05) is 40.1 Å². The van der Waals surface area contributed by atoms with Crippen LogP contribution in [0.15, 0.2) is 23.2 Å². The molecular weight excluding hydrogens is 459 g/mol. The third kappa shape index (κ3) is 8.59. The Morgan fingerprint density at radius 2 is 1.88 bits per heavy atom. The van der Waals surface area contributed by atoms with Crippen LogP contribution in [0.1, 0.15) is 12.5 Å². The maximum Gasteiger partial charge on any atom is 0.211 e. The molecule has 0 radical (unpaired) electrons. The topological polar surface area (TPSA) is 101 Å². The number of hydrogen-bond acceptors (Lipinski definition) is 5. The number of guanidine groups is 1. The van der Waals surface area contributed by atoms with Gasteiger partial charge < -0.3 is 20.1 Å². The fourth-order valence-electron chi connectivity index (χ4n) is 1.89. The Hall–Kier alpha value is -1.27. The lowest BCUT2D eigenvalue weighted by molar-refractivity contribution is 0.390. The van der Waals surface area contributed by atoms with Gasteiger partial charge in [0.25, 0.3) is 0 Å². The summed E-state index contributed by atoms with van der Waals surface area (Å²) in [6.07, 6.45) is 0. The first-order valence-corrected chi connectivity index (χ1v) is 9.23. The quantitative estimate of drug-likeness (QED) is 0.208. The smallest absolute Gasteiger partial charge is 0.211 e. The minimum atomic E-state index is -3.17. The summed E-state index contributed by atoms with van der Waals surface area (Å²) in [6, 6.07) is 5.58. The lowest BCUT2D eigenvalue weighted by atomic mass is 10.2. The molecule has 0 saturated carbocycles. The molecule has 1 aromatic carbocycles. The molecule has 0 aliphatic heterocycles. The van der Waals surface area contributed by atoms with Crippen LogP contribution in [-0.4, -0.2) is 54.5 Å². The van der Waals surface area contributed by atoms with Gasteiger partial charge in [-0.25, -0.2) is 13.1 Å². The van der Waals surface area contributed by atoms with Gasteiger partial charge in [-0.15, -0.1) is 24.0 Å². The molecule has 144 valence electrons. The van der Waals surface area contributed by atoms with E-state index in [0.29, 0.717) is 31.3 Å². The molecular formula is C15H27IN4O4S. The van der Waals surface area contributed by atoms with Crippen LogP contribution < -0.4 is 24.8 Å². The van der Waals surface area contributed by atoms with Gasteiger partial charge in [0.2, 0.25) is 10.0 Å². The first-order valence-electron chi connectivity index (χ1n) is 7.58. The number of methoxy groups -OCH3 is 2. The van der Waals surface area contributed by atoms with E-state index in [1.807, 2.05) is 18.2 Å². The third-order valence-corrected chi connectivity index (χ3v) is 4.69. The van der Waals surface area contributed by atoms with E-state index in [1.165, 1.54) is 0 Å². The van der Waals surface area contributed by atoms with Crippen LogP contribution in [0.5, 0.6) is 11.5 Å². The molecule has 1 aromatic rings. The number of sulfonamides is 1. The monoisotopic (exact) mass is 486 g/mol. The molecule has 0 aliphatic carbocycles. The van der Waals surface area contributed by atoms with Crippen LogP contribution >= 0.6 is 24.0 Å². The average Bonchev–Trinajstić information content (AvgIpc) is 2.60. The molecule has 0 amide bonds. The van der Waals surface area contributed by atoms with E-state index in [-0.39, 0.29) is 29.7 Å². The van der Waals surface area contributed by atoms with E-state index in [2.05, 4.69) is 20.3 Å². The van der Waals surface area contributed by atoms with Crippen LogP contribution in [0.3, 0.4) is 0 Å².